The summed E-state index contributed by atoms with van der Waals surface area (Å²) in [6, 6.07) is 5.84. The zero-order valence-electron chi connectivity index (χ0n) is 12.0. The van der Waals surface area contributed by atoms with Gasteiger partial charge in [0, 0.05) is 25.1 Å². The van der Waals surface area contributed by atoms with Crippen LogP contribution in [0.15, 0.2) is 18.2 Å². The van der Waals surface area contributed by atoms with Gasteiger partial charge in [0.05, 0.1) is 24.2 Å². The molecule has 0 radical (unpaired) electrons. The quantitative estimate of drug-likeness (QED) is 0.913. The number of benzene rings is 1. The molecule has 0 aromatic heterocycles. The maximum absolute atomic E-state index is 11.8. The number of ether oxygens (including phenoxy) is 2. The van der Waals surface area contributed by atoms with Crippen molar-refractivity contribution in [2.24, 2.45) is 0 Å². The highest BCUT2D eigenvalue weighted by Crippen LogP contribution is 2.33. The maximum atomic E-state index is 11.8. The molecule has 1 atom stereocenters. The van der Waals surface area contributed by atoms with E-state index in [9.17, 15) is 8.42 Å². The molecule has 1 saturated heterocycles. The standard InChI is InChI=1S/C15H21NO4S/c17-21(18)9-2-5-13(21)11-16-10-12-4-1-6-14-15(12)20-8-3-7-19-14/h1,4,6,13,16H,2-3,5,7-11H2. The minimum atomic E-state index is -2.88. The van der Waals surface area contributed by atoms with Crippen LogP contribution in [0.2, 0.25) is 0 Å². The SMILES string of the molecule is O=S1(=O)CCCC1CNCc1cccc2c1OCCCO2. The molecule has 1 aromatic carbocycles. The molecule has 5 nitrogen and oxygen atoms in total. The molecule has 0 bridgehead atoms. The van der Waals surface area contributed by atoms with E-state index in [-0.39, 0.29) is 5.25 Å². The van der Waals surface area contributed by atoms with Gasteiger partial charge in [-0.1, -0.05) is 12.1 Å². The van der Waals surface area contributed by atoms with E-state index < -0.39 is 9.84 Å². The molecular weight excluding hydrogens is 290 g/mol. The lowest BCUT2D eigenvalue weighted by Gasteiger charge is -2.14. The molecule has 1 unspecified atom stereocenters. The lowest BCUT2D eigenvalue weighted by molar-refractivity contribution is 0.296. The Hall–Kier alpha value is -1.27. The van der Waals surface area contributed by atoms with Gasteiger partial charge >= 0.3 is 0 Å². The van der Waals surface area contributed by atoms with Gasteiger partial charge in [0.2, 0.25) is 0 Å². The molecule has 2 aliphatic heterocycles. The average Bonchev–Trinajstić information content (AvgIpc) is 2.66. The topological polar surface area (TPSA) is 64.6 Å². The Morgan fingerprint density at radius 1 is 1.19 bits per heavy atom. The summed E-state index contributed by atoms with van der Waals surface area (Å²) in [7, 11) is -2.88. The lowest BCUT2D eigenvalue weighted by Crippen LogP contribution is -2.30. The molecule has 0 amide bonds. The molecule has 0 saturated carbocycles. The Labute approximate surface area is 125 Å². The summed E-state index contributed by atoms with van der Waals surface area (Å²) >= 11 is 0. The summed E-state index contributed by atoms with van der Waals surface area (Å²) in [5, 5.41) is 3.02. The average molecular weight is 311 g/mol. The van der Waals surface area contributed by atoms with Crippen LogP contribution in [-0.2, 0) is 16.4 Å². The van der Waals surface area contributed by atoms with Gasteiger partial charge in [-0.3, -0.25) is 0 Å². The van der Waals surface area contributed by atoms with Gasteiger partial charge < -0.3 is 14.8 Å². The van der Waals surface area contributed by atoms with Crippen molar-refractivity contribution in [2.75, 3.05) is 25.5 Å². The first-order chi connectivity index (χ1) is 10.2. The maximum Gasteiger partial charge on any atom is 0.165 e. The van der Waals surface area contributed by atoms with E-state index in [4.69, 9.17) is 9.47 Å². The van der Waals surface area contributed by atoms with Crippen molar-refractivity contribution in [1.82, 2.24) is 5.32 Å². The fourth-order valence-electron chi connectivity index (χ4n) is 2.85. The van der Waals surface area contributed by atoms with Crippen LogP contribution in [0.1, 0.15) is 24.8 Å². The van der Waals surface area contributed by atoms with Crippen LogP contribution in [-0.4, -0.2) is 39.2 Å². The number of fused-ring (bicyclic) bond motifs is 1. The fraction of sp³-hybridized carbons (Fsp3) is 0.600. The van der Waals surface area contributed by atoms with Crippen LogP contribution in [0.25, 0.3) is 0 Å². The van der Waals surface area contributed by atoms with E-state index in [0.717, 1.165) is 36.3 Å². The van der Waals surface area contributed by atoms with E-state index in [2.05, 4.69) is 5.32 Å². The summed E-state index contributed by atoms with van der Waals surface area (Å²) in [6.07, 6.45) is 2.43. The monoisotopic (exact) mass is 311 g/mol. The minimum absolute atomic E-state index is 0.239. The zero-order chi connectivity index (χ0) is 14.7. The summed E-state index contributed by atoms with van der Waals surface area (Å²) in [5.74, 6) is 1.90. The summed E-state index contributed by atoms with van der Waals surface area (Å²) in [4.78, 5) is 0. The van der Waals surface area contributed by atoms with Gasteiger partial charge in [-0.2, -0.15) is 0 Å². The molecule has 0 spiro atoms. The van der Waals surface area contributed by atoms with Gasteiger partial charge in [-0.15, -0.1) is 0 Å². The van der Waals surface area contributed by atoms with Crippen LogP contribution in [0.3, 0.4) is 0 Å². The number of rotatable bonds is 4. The van der Waals surface area contributed by atoms with Crippen LogP contribution in [0.5, 0.6) is 11.5 Å². The molecule has 1 N–H and O–H groups in total. The van der Waals surface area contributed by atoms with Gasteiger partial charge in [0.25, 0.3) is 0 Å². The number of nitrogens with one attached hydrogen (secondary N) is 1. The normalized spacial score (nSPS) is 23.7. The van der Waals surface area contributed by atoms with Crippen molar-refractivity contribution >= 4 is 9.84 Å². The second kappa shape index (κ2) is 6.23. The Kier molecular flexibility index (Phi) is 4.35. The highest BCUT2D eigenvalue weighted by Gasteiger charge is 2.30. The molecule has 116 valence electrons. The van der Waals surface area contributed by atoms with Crippen molar-refractivity contribution in [1.29, 1.82) is 0 Å². The minimum Gasteiger partial charge on any atom is -0.490 e. The molecule has 21 heavy (non-hydrogen) atoms. The van der Waals surface area contributed by atoms with E-state index in [1.165, 1.54) is 0 Å². The number of para-hydroxylation sites is 1. The second-order valence-electron chi connectivity index (χ2n) is 5.56. The van der Waals surface area contributed by atoms with Crippen molar-refractivity contribution in [3.8, 4) is 11.5 Å². The molecule has 2 aliphatic rings. The Balaban J connectivity index is 1.63. The molecule has 6 heteroatoms. The van der Waals surface area contributed by atoms with Crippen molar-refractivity contribution in [3.05, 3.63) is 23.8 Å². The van der Waals surface area contributed by atoms with Gasteiger partial charge in [0.1, 0.15) is 0 Å². The molecule has 3 rings (SSSR count). The summed E-state index contributed by atoms with van der Waals surface area (Å²) in [5.41, 5.74) is 1.02. The van der Waals surface area contributed by atoms with E-state index in [1.54, 1.807) is 0 Å². The van der Waals surface area contributed by atoms with Crippen LogP contribution in [0.4, 0.5) is 0 Å². The van der Waals surface area contributed by atoms with Crippen molar-refractivity contribution < 1.29 is 17.9 Å². The van der Waals surface area contributed by atoms with E-state index >= 15 is 0 Å². The van der Waals surface area contributed by atoms with Gasteiger partial charge in [-0.25, -0.2) is 8.42 Å². The number of sulfone groups is 1. The Morgan fingerprint density at radius 2 is 2.05 bits per heavy atom. The molecule has 1 aromatic rings. The number of hydrogen-bond acceptors (Lipinski definition) is 5. The smallest absolute Gasteiger partial charge is 0.165 e. The Morgan fingerprint density at radius 3 is 2.86 bits per heavy atom. The van der Waals surface area contributed by atoms with Crippen LogP contribution >= 0.6 is 0 Å². The molecule has 2 heterocycles. The van der Waals surface area contributed by atoms with Gasteiger partial charge in [-0.05, 0) is 18.9 Å². The largest absolute Gasteiger partial charge is 0.490 e. The first-order valence-electron chi connectivity index (χ1n) is 7.46. The summed E-state index contributed by atoms with van der Waals surface area (Å²) in [6.45, 7) is 2.43. The predicted molar refractivity (Wildman–Crippen MR) is 80.6 cm³/mol. The van der Waals surface area contributed by atoms with Crippen LogP contribution < -0.4 is 14.8 Å². The summed E-state index contributed by atoms with van der Waals surface area (Å²) < 4.78 is 35.0. The first-order valence-corrected chi connectivity index (χ1v) is 9.18. The third-order valence-electron chi connectivity index (χ3n) is 4.00. The zero-order valence-corrected chi connectivity index (χ0v) is 12.8. The van der Waals surface area contributed by atoms with E-state index in [0.29, 0.717) is 32.1 Å². The highest BCUT2D eigenvalue weighted by molar-refractivity contribution is 7.92. The second-order valence-corrected chi connectivity index (χ2v) is 7.96. The first kappa shape index (κ1) is 14.7. The van der Waals surface area contributed by atoms with E-state index in [1.807, 2.05) is 18.2 Å². The molecule has 0 aliphatic carbocycles. The predicted octanol–water partition coefficient (Wildman–Crippen LogP) is 1.51. The molecular formula is C15H21NO4S. The fourth-order valence-corrected chi connectivity index (χ4v) is 4.65. The Bertz CT molecular complexity index is 600. The van der Waals surface area contributed by atoms with Crippen molar-refractivity contribution in [2.45, 2.75) is 31.1 Å². The highest BCUT2D eigenvalue weighted by atomic mass is 32.2. The third kappa shape index (κ3) is 3.32. The van der Waals surface area contributed by atoms with Gasteiger partial charge in [0.15, 0.2) is 21.3 Å². The molecule has 1 fully saturated rings. The van der Waals surface area contributed by atoms with Crippen LogP contribution in [0, 0.1) is 0 Å². The lowest BCUT2D eigenvalue weighted by atomic mass is 10.1. The third-order valence-corrected chi connectivity index (χ3v) is 6.28. The number of hydrogen-bond donors (Lipinski definition) is 1. The van der Waals surface area contributed by atoms with Crippen molar-refractivity contribution in [3.63, 3.8) is 0 Å².